The molecule has 16 heavy (non-hydrogen) atoms. The van der Waals surface area contributed by atoms with Gasteiger partial charge in [0.2, 0.25) is 0 Å². The number of nitrogens with one attached hydrogen (secondary N) is 2. The maximum atomic E-state index is 9.15. The van der Waals surface area contributed by atoms with Crippen molar-refractivity contribution >= 4 is 0 Å². The summed E-state index contributed by atoms with van der Waals surface area (Å²) >= 11 is 0. The van der Waals surface area contributed by atoms with Crippen molar-refractivity contribution in [3.63, 3.8) is 0 Å². The van der Waals surface area contributed by atoms with Crippen LogP contribution in [0.1, 0.15) is 52.4 Å². The van der Waals surface area contributed by atoms with Crippen molar-refractivity contribution in [2.45, 2.75) is 70.5 Å². The molecule has 0 aliphatic carbocycles. The van der Waals surface area contributed by atoms with Crippen LogP contribution in [0.15, 0.2) is 0 Å². The summed E-state index contributed by atoms with van der Waals surface area (Å²) in [6, 6.07) is 1.43. The van der Waals surface area contributed by atoms with E-state index in [1.54, 1.807) is 0 Å². The first-order valence-electron chi connectivity index (χ1n) is 6.86. The monoisotopic (exact) mass is 228 g/mol. The molecule has 0 aromatic carbocycles. The Morgan fingerprint density at radius 3 is 2.88 bits per heavy atom. The van der Waals surface area contributed by atoms with Gasteiger partial charge in [0.05, 0.1) is 6.61 Å². The van der Waals surface area contributed by atoms with Crippen LogP contribution >= 0.6 is 0 Å². The molecule has 3 heteroatoms. The zero-order valence-electron chi connectivity index (χ0n) is 10.8. The molecule has 0 aromatic heterocycles. The summed E-state index contributed by atoms with van der Waals surface area (Å²) in [6.07, 6.45) is 7.55. The second-order valence-corrected chi connectivity index (χ2v) is 5.09. The third-order valence-corrected chi connectivity index (χ3v) is 3.53. The Hall–Kier alpha value is -0.120. The van der Waals surface area contributed by atoms with E-state index in [1.807, 2.05) is 0 Å². The SMILES string of the molecule is CC[C@H](CO)NC(C)CC1CCCCCN1. The van der Waals surface area contributed by atoms with Gasteiger partial charge in [-0.15, -0.1) is 0 Å². The largest absolute Gasteiger partial charge is 0.395 e. The topological polar surface area (TPSA) is 44.3 Å². The lowest BCUT2D eigenvalue weighted by atomic mass is 10.0. The van der Waals surface area contributed by atoms with Crippen LogP contribution < -0.4 is 10.6 Å². The van der Waals surface area contributed by atoms with Crippen LogP contribution in [0.2, 0.25) is 0 Å². The molecule has 1 rings (SSSR count). The third-order valence-electron chi connectivity index (χ3n) is 3.53. The van der Waals surface area contributed by atoms with Crippen molar-refractivity contribution in [2.75, 3.05) is 13.2 Å². The molecule has 1 aliphatic rings. The maximum Gasteiger partial charge on any atom is 0.0584 e. The van der Waals surface area contributed by atoms with Crippen LogP contribution in [0.3, 0.4) is 0 Å². The molecule has 1 saturated heterocycles. The number of hydrogen-bond donors (Lipinski definition) is 3. The van der Waals surface area contributed by atoms with Crippen molar-refractivity contribution in [3.05, 3.63) is 0 Å². The van der Waals surface area contributed by atoms with Crippen LogP contribution in [0.5, 0.6) is 0 Å². The van der Waals surface area contributed by atoms with Crippen LogP contribution in [-0.4, -0.2) is 36.4 Å². The minimum atomic E-state index is 0.249. The highest BCUT2D eigenvalue weighted by Crippen LogP contribution is 2.12. The molecule has 3 nitrogen and oxygen atoms in total. The highest BCUT2D eigenvalue weighted by molar-refractivity contribution is 4.78. The van der Waals surface area contributed by atoms with Crippen LogP contribution in [0.25, 0.3) is 0 Å². The predicted octanol–water partition coefficient (Wildman–Crippen LogP) is 1.66. The molecule has 1 fully saturated rings. The van der Waals surface area contributed by atoms with Gasteiger partial charge in [-0.1, -0.05) is 19.8 Å². The molecule has 0 saturated carbocycles. The molecule has 0 bridgehead atoms. The Balaban J connectivity index is 2.23. The lowest BCUT2D eigenvalue weighted by Crippen LogP contribution is -2.42. The summed E-state index contributed by atoms with van der Waals surface area (Å²) in [4.78, 5) is 0. The van der Waals surface area contributed by atoms with E-state index >= 15 is 0 Å². The fraction of sp³-hybridized carbons (Fsp3) is 1.00. The van der Waals surface area contributed by atoms with Crippen molar-refractivity contribution < 1.29 is 5.11 Å². The van der Waals surface area contributed by atoms with Gasteiger partial charge in [0.15, 0.2) is 0 Å². The molecule has 1 heterocycles. The summed E-state index contributed by atoms with van der Waals surface area (Å²) in [5.41, 5.74) is 0. The average molecular weight is 228 g/mol. The first kappa shape index (κ1) is 13.9. The summed E-state index contributed by atoms with van der Waals surface area (Å²) in [5.74, 6) is 0. The molecule has 3 atom stereocenters. The molecule has 0 radical (unpaired) electrons. The van der Waals surface area contributed by atoms with Gasteiger partial charge in [-0.3, -0.25) is 0 Å². The van der Waals surface area contributed by atoms with E-state index in [2.05, 4.69) is 24.5 Å². The Kier molecular flexibility index (Phi) is 7.01. The molecule has 1 aliphatic heterocycles. The van der Waals surface area contributed by atoms with Gasteiger partial charge in [-0.2, -0.15) is 0 Å². The highest BCUT2D eigenvalue weighted by atomic mass is 16.3. The van der Waals surface area contributed by atoms with E-state index in [-0.39, 0.29) is 12.6 Å². The summed E-state index contributed by atoms with van der Waals surface area (Å²) < 4.78 is 0. The van der Waals surface area contributed by atoms with Crippen LogP contribution in [-0.2, 0) is 0 Å². The molecule has 2 unspecified atom stereocenters. The Morgan fingerprint density at radius 2 is 2.19 bits per heavy atom. The first-order valence-corrected chi connectivity index (χ1v) is 6.86. The first-order chi connectivity index (χ1) is 7.76. The van der Waals surface area contributed by atoms with E-state index in [4.69, 9.17) is 5.11 Å². The van der Waals surface area contributed by atoms with Gasteiger partial charge < -0.3 is 15.7 Å². The quantitative estimate of drug-likeness (QED) is 0.648. The van der Waals surface area contributed by atoms with Crippen LogP contribution in [0.4, 0.5) is 0 Å². The molecule has 96 valence electrons. The normalized spacial score (nSPS) is 26.1. The second kappa shape index (κ2) is 8.04. The zero-order valence-corrected chi connectivity index (χ0v) is 10.8. The number of hydrogen-bond acceptors (Lipinski definition) is 3. The zero-order chi connectivity index (χ0) is 11.8. The maximum absolute atomic E-state index is 9.15. The molecular formula is C13H28N2O. The lowest BCUT2D eigenvalue weighted by Gasteiger charge is -2.25. The van der Waals surface area contributed by atoms with E-state index in [0.29, 0.717) is 12.1 Å². The van der Waals surface area contributed by atoms with E-state index < -0.39 is 0 Å². The number of aliphatic hydroxyl groups excluding tert-OH is 1. The van der Waals surface area contributed by atoms with Crippen molar-refractivity contribution in [2.24, 2.45) is 0 Å². The van der Waals surface area contributed by atoms with Crippen molar-refractivity contribution in [1.29, 1.82) is 0 Å². The summed E-state index contributed by atoms with van der Waals surface area (Å²) in [5, 5.41) is 16.3. The standard InChI is InChI=1S/C13H28N2O/c1-3-12(10-16)15-11(2)9-13-7-5-4-6-8-14-13/h11-16H,3-10H2,1-2H3/t11?,12-,13?/m1/s1. The van der Waals surface area contributed by atoms with Crippen molar-refractivity contribution in [3.8, 4) is 0 Å². The molecule has 0 amide bonds. The summed E-state index contributed by atoms with van der Waals surface area (Å²) in [6.45, 7) is 5.77. The van der Waals surface area contributed by atoms with Gasteiger partial charge in [-0.25, -0.2) is 0 Å². The fourth-order valence-electron chi connectivity index (χ4n) is 2.50. The predicted molar refractivity (Wildman–Crippen MR) is 68.6 cm³/mol. The molecule has 0 spiro atoms. The Morgan fingerprint density at radius 1 is 1.38 bits per heavy atom. The minimum absolute atomic E-state index is 0.249. The second-order valence-electron chi connectivity index (χ2n) is 5.09. The lowest BCUT2D eigenvalue weighted by molar-refractivity contribution is 0.224. The fourth-order valence-corrected chi connectivity index (χ4v) is 2.50. The van der Waals surface area contributed by atoms with Gasteiger partial charge in [0.25, 0.3) is 0 Å². The van der Waals surface area contributed by atoms with E-state index in [0.717, 1.165) is 6.42 Å². The summed E-state index contributed by atoms with van der Waals surface area (Å²) in [7, 11) is 0. The van der Waals surface area contributed by atoms with Crippen LogP contribution in [0, 0.1) is 0 Å². The van der Waals surface area contributed by atoms with E-state index in [9.17, 15) is 0 Å². The average Bonchev–Trinajstić information content (AvgIpc) is 2.54. The van der Waals surface area contributed by atoms with Gasteiger partial charge in [-0.05, 0) is 39.2 Å². The minimum Gasteiger partial charge on any atom is -0.395 e. The van der Waals surface area contributed by atoms with Crippen molar-refractivity contribution in [1.82, 2.24) is 10.6 Å². The third kappa shape index (κ3) is 5.28. The molecular weight excluding hydrogens is 200 g/mol. The Bertz CT molecular complexity index is 163. The Labute approximate surface area is 100 Å². The molecule has 3 N–H and O–H groups in total. The number of aliphatic hydroxyl groups is 1. The smallest absolute Gasteiger partial charge is 0.0584 e. The van der Waals surface area contributed by atoms with E-state index in [1.165, 1.54) is 38.6 Å². The number of rotatable bonds is 6. The molecule has 0 aromatic rings. The van der Waals surface area contributed by atoms with Gasteiger partial charge >= 0.3 is 0 Å². The van der Waals surface area contributed by atoms with Gasteiger partial charge in [0, 0.05) is 18.1 Å². The van der Waals surface area contributed by atoms with Gasteiger partial charge in [0.1, 0.15) is 0 Å². The highest BCUT2D eigenvalue weighted by Gasteiger charge is 2.16.